The molecule has 18 heavy (non-hydrogen) atoms. The Hall–Kier alpha value is -0.610. The van der Waals surface area contributed by atoms with Crippen molar-refractivity contribution in [3.8, 4) is 0 Å². The minimum atomic E-state index is 0.126. The summed E-state index contributed by atoms with van der Waals surface area (Å²) in [7, 11) is 0. The summed E-state index contributed by atoms with van der Waals surface area (Å²) < 4.78 is 0. The Bertz CT molecular complexity index is 377. The minimum Gasteiger partial charge on any atom is -0.391 e. The van der Waals surface area contributed by atoms with E-state index in [1.54, 1.807) is 11.3 Å². The van der Waals surface area contributed by atoms with E-state index in [2.05, 4.69) is 25.7 Å². The highest BCUT2D eigenvalue weighted by Gasteiger charge is 2.36. The van der Waals surface area contributed by atoms with Crippen LogP contribution >= 0.6 is 11.3 Å². The van der Waals surface area contributed by atoms with E-state index in [0.29, 0.717) is 5.41 Å². The maximum absolute atomic E-state index is 9.35. The summed E-state index contributed by atoms with van der Waals surface area (Å²) in [6.45, 7) is 9.06. The first-order valence-electron chi connectivity index (χ1n) is 7.02. The number of hydrogen-bond acceptors (Lipinski definition) is 4. The third-order valence-electron chi connectivity index (χ3n) is 4.45. The number of rotatable bonds is 5. The molecule has 3 nitrogen and oxygen atoms in total. The molecular weight excluding hydrogens is 244 g/mol. The molecule has 0 amide bonds. The Morgan fingerprint density at radius 3 is 2.50 bits per heavy atom. The van der Waals surface area contributed by atoms with Crippen LogP contribution in [-0.2, 0) is 13.0 Å². The highest BCUT2D eigenvalue weighted by atomic mass is 32.1. The van der Waals surface area contributed by atoms with E-state index in [9.17, 15) is 5.11 Å². The SMILES string of the molecule is CCc1nc(N2CCC(CC)(CC)C2)sc1CO. The summed E-state index contributed by atoms with van der Waals surface area (Å²) in [5, 5.41) is 10.5. The van der Waals surface area contributed by atoms with Crippen LogP contribution in [0.3, 0.4) is 0 Å². The molecule has 4 heteroatoms. The molecule has 2 rings (SSSR count). The molecule has 0 atom stereocenters. The summed E-state index contributed by atoms with van der Waals surface area (Å²) in [6, 6.07) is 0. The molecule has 1 N–H and O–H groups in total. The van der Waals surface area contributed by atoms with E-state index in [0.717, 1.165) is 35.2 Å². The van der Waals surface area contributed by atoms with Gasteiger partial charge in [-0.25, -0.2) is 4.98 Å². The van der Waals surface area contributed by atoms with Crippen molar-refractivity contribution in [1.82, 2.24) is 4.98 Å². The molecule has 0 unspecified atom stereocenters. The predicted molar refractivity (Wildman–Crippen MR) is 77.3 cm³/mol. The van der Waals surface area contributed by atoms with E-state index < -0.39 is 0 Å². The van der Waals surface area contributed by atoms with E-state index in [1.807, 2.05) is 0 Å². The molecule has 1 aliphatic rings. The Labute approximate surface area is 114 Å². The van der Waals surface area contributed by atoms with Crippen LogP contribution in [0.2, 0.25) is 0 Å². The zero-order valence-electron chi connectivity index (χ0n) is 11.7. The van der Waals surface area contributed by atoms with Crippen molar-refractivity contribution in [2.45, 2.75) is 53.1 Å². The Morgan fingerprint density at radius 2 is 2.06 bits per heavy atom. The number of aryl methyl sites for hydroxylation is 1. The molecule has 0 aromatic carbocycles. The number of nitrogens with zero attached hydrogens (tertiary/aromatic N) is 2. The molecule has 1 aromatic heterocycles. The summed E-state index contributed by atoms with van der Waals surface area (Å²) in [5.41, 5.74) is 1.56. The summed E-state index contributed by atoms with van der Waals surface area (Å²) in [5.74, 6) is 0. The lowest BCUT2D eigenvalue weighted by Crippen LogP contribution is -2.26. The van der Waals surface area contributed by atoms with Gasteiger partial charge in [0.15, 0.2) is 5.13 Å². The number of anilines is 1. The maximum atomic E-state index is 9.35. The monoisotopic (exact) mass is 268 g/mol. The highest BCUT2D eigenvalue weighted by Crippen LogP contribution is 2.40. The quantitative estimate of drug-likeness (QED) is 0.891. The molecule has 0 saturated carbocycles. The maximum Gasteiger partial charge on any atom is 0.185 e. The van der Waals surface area contributed by atoms with Gasteiger partial charge in [-0.1, -0.05) is 32.1 Å². The van der Waals surface area contributed by atoms with Gasteiger partial charge in [-0.05, 0) is 31.1 Å². The van der Waals surface area contributed by atoms with Crippen molar-refractivity contribution in [3.63, 3.8) is 0 Å². The molecule has 1 aliphatic heterocycles. The van der Waals surface area contributed by atoms with Gasteiger partial charge >= 0.3 is 0 Å². The first-order chi connectivity index (χ1) is 8.68. The second-order valence-electron chi connectivity index (χ2n) is 5.26. The van der Waals surface area contributed by atoms with Crippen LogP contribution in [0.25, 0.3) is 0 Å². The van der Waals surface area contributed by atoms with E-state index >= 15 is 0 Å². The molecule has 0 radical (unpaired) electrons. The average molecular weight is 268 g/mol. The Morgan fingerprint density at radius 1 is 1.33 bits per heavy atom. The Balaban J connectivity index is 2.16. The van der Waals surface area contributed by atoms with Crippen LogP contribution in [-0.4, -0.2) is 23.2 Å². The number of thiazole rings is 1. The van der Waals surface area contributed by atoms with Gasteiger partial charge in [-0.15, -0.1) is 0 Å². The number of aliphatic hydroxyl groups excluding tert-OH is 1. The fourth-order valence-electron chi connectivity index (χ4n) is 2.83. The molecule has 1 saturated heterocycles. The average Bonchev–Trinajstić information content (AvgIpc) is 3.02. The molecule has 0 spiro atoms. The predicted octanol–water partition coefficient (Wildman–Crippen LogP) is 3.21. The van der Waals surface area contributed by atoms with E-state index in [1.165, 1.54) is 19.3 Å². The summed E-state index contributed by atoms with van der Waals surface area (Å²) >= 11 is 1.67. The third kappa shape index (κ3) is 2.41. The second-order valence-corrected chi connectivity index (χ2v) is 6.32. The second kappa shape index (κ2) is 5.57. The van der Waals surface area contributed by atoms with Gasteiger partial charge in [0.05, 0.1) is 17.2 Å². The largest absolute Gasteiger partial charge is 0.391 e. The molecule has 2 heterocycles. The zero-order chi connectivity index (χ0) is 13.2. The summed E-state index contributed by atoms with van der Waals surface area (Å²) in [4.78, 5) is 8.15. The van der Waals surface area contributed by atoms with Gasteiger partial charge in [-0.2, -0.15) is 0 Å². The first-order valence-corrected chi connectivity index (χ1v) is 7.84. The van der Waals surface area contributed by atoms with Gasteiger partial charge in [0.2, 0.25) is 0 Å². The van der Waals surface area contributed by atoms with Crippen molar-refractivity contribution in [2.75, 3.05) is 18.0 Å². The lowest BCUT2D eigenvalue weighted by molar-refractivity contribution is 0.284. The van der Waals surface area contributed by atoms with Crippen molar-refractivity contribution in [3.05, 3.63) is 10.6 Å². The first kappa shape index (κ1) is 13.8. The standard InChI is InChI=1S/C14H24N2OS/c1-4-11-12(9-17)18-13(15-11)16-8-7-14(5-2,6-3)10-16/h17H,4-10H2,1-3H3. The van der Waals surface area contributed by atoms with Crippen LogP contribution < -0.4 is 4.90 Å². The lowest BCUT2D eigenvalue weighted by Gasteiger charge is -2.26. The van der Waals surface area contributed by atoms with Gasteiger partial charge < -0.3 is 10.0 Å². The molecule has 1 fully saturated rings. The minimum absolute atomic E-state index is 0.126. The van der Waals surface area contributed by atoms with E-state index in [-0.39, 0.29) is 6.61 Å². The van der Waals surface area contributed by atoms with Crippen LogP contribution in [0.5, 0.6) is 0 Å². The molecule has 0 bridgehead atoms. The molecular formula is C14H24N2OS. The van der Waals surface area contributed by atoms with Gasteiger partial charge in [0.25, 0.3) is 0 Å². The molecule has 102 valence electrons. The number of hydrogen-bond donors (Lipinski definition) is 1. The third-order valence-corrected chi connectivity index (χ3v) is 5.60. The van der Waals surface area contributed by atoms with Crippen molar-refractivity contribution in [1.29, 1.82) is 0 Å². The smallest absolute Gasteiger partial charge is 0.185 e. The number of aliphatic hydroxyl groups is 1. The summed E-state index contributed by atoms with van der Waals surface area (Å²) in [6.07, 6.45) is 4.68. The fourth-order valence-corrected chi connectivity index (χ4v) is 3.86. The lowest BCUT2D eigenvalue weighted by atomic mass is 9.82. The van der Waals surface area contributed by atoms with Crippen LogP contribution in [0.15, 0.2) is 0 Å². The van der Waals surface area contributed by atoms with Gasteiger partial charge in [0.1, 0.15) is 0 Å². The zero-order valence-corrected chi connectivity index (χ0v) is 12.5. The highest BCUT2D eigenvalue weighted by molar-refractivity contribution is 7.15. The van der Waals surface area contributed by atoms with Gasteiger partial charge in [-0.3, -0.25) is 0 Å². The van der Waals surface area contributed by atoms with Crippen LogP contribution in [0.1, 0.15) is 50.6 Å². The van der Waals surface area contributed by atoms with Crippen molar-refractivity contribution >= 4 is 16.5 Å². The van der Waals surface area contributed by atoms with Crippen LogP contribution in [0, 0.1) is 5.41 Å². The van der Waals surface area contributed by atoms with Gasteiger partial charge in [0, 0.05) is 13.1 Å². The van der Waals surface area contributed by atoms with Crippen LogP contribution in [0.4, 0.5) is 5.13 Å². The number of aromatic nitrogens is 1. The molecule has 0 aliphatic carbocycles. The normalized spacial score (nSPS) is 18.6. The fraction of sp³-hybridized carbons (Fsp3) is 0.786. The van der Waals surface area contributed by atoms with E-state index in [4.69, 9.17) is 4.98 Å². The topological polar surface area (TPSA) is 36.4 Å². The molecule has 1 aromatic rings. The Kier molecular flexibility index (Phi) is 4.28. The van der Waals surface area contributed by atoms with Crippen molar-refractivity contribution in [2.24, 2.45) is 5.41 Å². The van der Waals surface area contributed by atoms with Crippen molar-refractivity contribution < 1.29 is 5.11 Å².